The summed E-state index contributed by atoms with van der Waals surface area (Å²) in [5.74, 6) is 0. The van der Waals surface area contributed by atoms with Crippen LogP contribution in [-0.2, 0) is 6.42 Å². The van der Waals surface area contributed by atoms with Crippen LogP contribution in [0.15, 0.2) is 30.5 Å². The number of hydrogen-bond donors (Lipinski definition) is 0. The second-order valence-corrected chi connectivity index (χ2v) is 4.35. The second-order valence-electron chi connectivity index (χ2n) is 3.20. The van der Waals surface area contributed by atoms with Crippen LogP contribution >= 0.6 is 34.8 Å². The van der Waals surface area contributed by atoms with Crippen molar-refractivity contribution < 1.29 is 0 Å². The van der Waals surface area contributed by atoms with Gasteiger partial charge in [0.1, 0.15) is 0 Å². The van der Waals surface area contributed by atoms with Gasteiger partial charge in [-0.1, -0.05) is 41.4 Å². The quantitative estimate of drug-likeness (QED) is 0.772. The van der Waals surface area contributed by atoms with E-state index >= 15 is 0 Å². The van der Waals surface area contributed by atoms with Crippen molar-refractivity contribution in [2.24, 2.45) is 0 Å². The van der Waals surface area contributed by atoms with E-state index in [1.807, 2.05) is 24.3 Å². The van der Waals surface area contributed by atoms with Crippen molar-refractivity contribution in [1.82, 2.24) is 9.97 Å². The molecule has 1 aromatic heterocycles. The monoisotopic (exact) mass is 272 g/mol. The highest BCUT2D eigenvalue weighted by Gasteiger charge is 2.07. The Balaban J connectivity index is 2.34. The number of hydrogen-bond acceptors (Lipinski definition) is 2. The highest BCUT2D eigenvalue weighted by molar-refractivity contribution is 6.32. The van der Waals surface area contributed by atoms with E-state index in [1.165, 1.54) is 6.20 Å². The van der Waals surface area contributed by atoms with Crippen LogP contribution in [0.5, 0.6) is 0 Å². The van der Waals surface area contributed by atoms with E-state index in [0.717, 1.165) is 5.56 Å². The summed E-state index contributed by atoms with van der Waals surface area (Å²) in [6.45, 7) is 0. The first-order chi connectivity index (χ1) is 7.66. The first-order valence-corrected chi connectivity index (χ1v) is 5.70. The Morgan fingerprint density at radius 2 is 1.75 bits per heavy atom. The minimum absolute atomic E-state index is 0.187. The Morgan fingerprint density at radius 1 is 1.00 bits per heavy atom. The van der Waals surface area contributed by atoms with Crippen molar-refractivity contribution in [3.05, 3.63) is 57.0 Å². The van der Waals surface area contributed by atoms with Crippen LogP contribution in [0.1, 0.15) is 11.3 Å². The van der Waals surface area contributed by atoms with Gasteiger partial charge in [0.15, 0.2) is 0 Å². The maximum absolute atomic E-state index is 6.05. The van der Waals surface area contributed by atoms with Crippen LogP contribution in [0.4, 0.5) is 0 Å². The summed E-state index contributed by atoms with van der Waals surface area (Å²) in [7, 11) is 0. The molecule has 0 spiro atoms. The molecule has 0 aliphatic carbocycles. The lowest BCUT2D eigenvalue weighted by atomic mass is 10.1. The summed E-state index contributed by atoms with van der Waals surface area (Å²) < 4.78 is 0. The molecule has 0 amide bonds. The zero-order valence-corrected chi connectivity index (χ0v) is 10.4. The Labute approximate surface area is 108 Å². The molecular weight excluding hydrogens is 266 g/mol. The third-order valence-electron chi connectivity index (χ3n) is 2.10. The van der Waals surface area contributed by atoms with Gasteiger partial charge >= 0.3 is 0 Å². The first kappa shape index (κ1) is 11.6. The third-order valence-corrected chi connectivity index (χ3v) is 2.97. The van der Waals surface area contributed by atoms with Crippen LogP contribution in [0.2, 0.25) is 15.3 Å². The van der Waals surface area contributed by atoms with Crippen molar-refractivity contribution in [3.63, 3.8) is 0 Å². The number of benzene rings is 1. The molecule has 0 atom stereocenters. The maximum Gasteiger partial charge on any atom is 0.222 e. The van der Waals surface area contributed by atoms with E-state index in [1.54, 1.807) is 0 Å². The fraction of sp³-hybridized carbons (Fsp3) is 0.0909. The maximum atomic E-state index is 6.05. The molecule has 0 aliphatic heterocycles. The fourth-order valence-corrected chi connectivity index (χ4v) is 1.84. The summed E-state index contributed by atoms with van der Waals surface area (Å²) in [6.07, 6.45) is 2.03. The molecule has 82 valence electrons. The van der Waals surface area contributed by atoms with Crippen molar-refractivity contribution in [2.45, 2.75) is 6.42 Å². The Bertz CT molecular complexity index is 514. The molecule has 0 fully saturated rings. The van der Waals surface area contributed by atoms with E-state index < -0.39 is 0 Å². The lowest BCUT2D eigenvalue weighted by Gasteiger charge is -2.05. The Kier molecular flexibility index (Phi) is 3.64. The topological polar surface area (TPSA) is 25.8 Å². The van der Waals surface area contributed by atoms with Crippen molar-refractivity contribution in [1.29, 1.82) is 0 Å². The molecule has 0 saturated heterocycles. The minimum atomic E-state index is 0.187. The number of aromatic nitrogens is 2. The largest absolute Gasteiger partial charge is 0.225 e. The van der Waals surface area contributed by atoms with Crippen molar-refractivity contribution >= 4 is 34.8 Å². The smallest absolute Gasteiger partial charge is 0.222 e. The lowest BCUT2D eigenvalue weighted by molar-refractivity contribution is 1.03. The Hall–Kier alpha value is -0.830. The van der Waals surface area contributed by atoms with Gasteiger partial charge < -0.3 is 0 Å². The molecule has 2 rings (SSSR count). The van der Waals surface area contributed by atoms with Gasteiger partial charge in [-0.25, -0.2) is 9.97 Å². The molecule has 0 unspecified atom stereocenters. The second kappa shape index (κ2) is 5.00. The van der Waals surface area contributed by atoms with E-state index in [4.69, 9.17) is 34.8 Å². The molecule has 1 heterocycles. The van der Waals surface area contributed by atoms with Crippen LogP contribution in [0, 0.1) is 0 Å². The van der Waals surface area contributed by atoms with Crippen LogP contribution < -0.4 is 0 Å². The standard InChI is InChI=1S/C11H7Cl3N2/c12-8-4-2-1-3-7(8)5-10-9(13)6-15-11(14)16-10/h1-4,6H,5H2. The summed E-state index contributed by atoms with van der Waals surface area (Å²) in [5, 5.41) is 1.36. The van der Waals surface area contributed by atoms with Crippen LogP contribution in [-0.4, -0.2) is 9.97 Å². The predicted octanol–water partition coefficient (Wildman–Crippen LogP) is 4.03. The summed E-state index contributed by atoms with van der Waals surface area (Å²) in [5.41, 5.74) is 1.63. The highest BCUT2D eigenvalue weighted by Crippen LogP contribution is 2.22. The highest BCUT2D eigenvalue weighted by atomic mass is 35.5. The number of nitrogens with zero attached hydrogens (tertiary/aromatic N) is 2. The van der Waals surface area contributed by atoms with Gasteiger partial charge in [-0.2, -0.15) is 0 Å². The zero-order chi connectivity index (χ0) is 11.5. The average Bonchev–Trinajstić information content (AvgIpc) is 2.27. The number of halogens is 3. The lowest BCUT2D eigenvalue weighted by Crippen LogP contribution is -1.96. The molecule has 2 nitrogen and oxygen atoms in total. The Morgan fingerprint density at radius 3 is 2.50 bits per heavy atom. The van der Waals surface area contributed by atoms with E-state index in [9.17, 15) is 0 Å². The normalized spacial score (nSPS) is 10.4. The predicted molar refractivity (Wildman–Crippen MR) is 66.3 cm³/mol. The van der Waals surface area contributed by atoms with Gasteiger partial charge in [-0.15, -0.1) is 0 Å². The zero-order valence-electron chi connectivity index (χ0n) is 8.12. The first-order valence-electron chi connectivity index (χ1n) is 4.57. The molecule has 0 N–H and O–H groups in total. The molecular formula is C11H7Cl3N2. The summed E-state index contributed by atoms with van der Waals surface area (Å²) >= 11 is 17.7. The van der Waals surface area contributed by atoms with E-state index in [-0.39, 0.29) is 5.28 Å². The third kappa shape index (κ3) is 2.64. The van der Waals surface area contributed by atoms with E-state index in [2.05, 4.69) is 9.97 Å². The van der Waals surface area contributed by atoms with Crippen LogP contribution in [0.3, 0.4) is 0 Å². The molecule has 0 bridgehead atoms. The number of rotatable bonds is 2. The van der Waals surface area contributed by atoms with Gasteiger partial charge in [-0.05, 0) is 23.2 Å². The van der Waals surface area contributed by atoms with Gasteiger partial charge in [0.05, 0.1) is 16.9 Å². The molecule has 0 aliphatic rings. The molecule has 5 heteroatoms. The molecule has 16 heavy (non-hydrogen) atoms. The fourth-order valence-electron chi connectivity index (χ4n) is 1.32. The minimum Gasteiger partial charge on any atom is -0.225 e. The molecule has 0 saturated carbocycles. The van der Waals surface area contributed by atoms with E-state index in [0.29, 0.717) is 22.2 Å². The SMILES string of the molecule is Clc1ncc(Cl)c(Cc2ccccc2Cl)n1. The van der Waals surface area contributed by atoms with Gasteiger partial charge in [0, 0.05) is 11.4 Å². The van der Waals surface area contributed by atoms with Crippen molar-refractivity contribution in [3.8, 4) is 0 Å². The van der Waals surface area contributed by atoms with Gasteiger partial charge in [0.2, 0.25) is 5.28 Å². The molecule has 1 aromatic carbocycles. The summed E-state index contributed by atoms with van der Waals surface area (Å²) in [6, 6.07) is 7.54. The van der Waals surface area contributed by atoms with Crippen molar-refractivity contribution in [2.75, 3.05) is 0 Å². The molecule has 2 aromatic rings. The molecule has 0 radical (unpaired) electrons. The van der Waals surface area contributed by atoms with Crippen LogP contribution in [0.25, 0.3) is 0 Å². The average molecular weight is 274 g/mol. The van der Waals surface area contributed by atoms with Gasteiger partial charge in [-0.3, -0.25) is 0 Å². The van der Waals surface area contributed by atoms with Gasteiger partial charge in [0.25, 0.3) is 0 Å². The summed E-state index contributed by atoms with van der Waals surface area (Å²) in [4.78, 5) is 7.87.